The molecular weight excluding hydrogens is 221 g/mol. The summed E-state index contributed by atoms with van der Waals surface area (Å²) in [4.78, 5) is 4.23. The van der Waals surface area contributed by atoms with Crippen LogP contribution in [0, 0.1) is 5.82 Å². The summed E-state index contributed by atoms with van der Waals surface area (Å²) in [5.41, 5.74) is 6.10. The quantitative estimate of drug-likeness (QED) is 0.830. The smallest absolute Gasteiger partial charge is 0.260 e. The van der Waals surface area contributed by atoms with Crippen LogP contribution in [-0.2, 0) is 0 Å². The van der Waals surface area contributed by atoms with Gasteiger partial charge in [0.2, 0.25) is 0 Å². The highest BCUT2D eigenvalue weighted by molar-refractivity contribution is 5.70. The van der Waals surface area contributed by atoms with Gasteiger partial charge < -0.3 is 10.3 Å². The number of nitrogens with two attached hydrogens (primary N) is 1. The Labute approximate surface area is 98.6 Å². The van der Waals surface area contributed by atoms with E-state index in [4.69, 9.17) is 10.3 Å². The van der Waals surface area contributed by atoms with E-state index in [9.17, 15) is 4.39 Å². The fourth-order valence-corrected chi connectivity index (χ4v) is 1.45. The van der Waals surface area contributed by atoms with Crippen molar-refractivity contribution in [3.63, 3.8) is 0 Å². The summed E-state index contributed by atoms with van der Waals surface area (Å²) in [5.74, 6) is 0.608. The first-order chi connectivity index (χ1) is 8.13. The molecule has 17 heavy (non-hydrogen) atoms. The van der Waals surface area contributed by atoms with Gasteiger partial charge in [-0.25, -0.2) is 4.39 Å². The number of aromatic nitrogens is 2. The predicted molar refractivity (Wildman–Crippen MR) is 62.8 cm³/mol. The molecule has 1 aromatic carbocycles. The van der Waals surface area contributed by atoms with Gasteiger partial charge in [-0.15, -0.1) is 0 Å². The van der Waals surface area contributed by atoms with E-state index >= 15 is 0 Å². The third-order valence-corrected chi connectivity index (χ3v) is 2.78. The molecule has 90 valence electrons. The van der Waals surface area contributed by atoms with E-state index in [0.29, 0.717) is 11.4 Å². The average molecular weight is 235 g/mol. The highest BCUT2D eigenvalue weighted by Crippen LogP contribution is 2.27. The number of benzene rings is 1. The largest absolute Gasteiger partial charge is 0.396 e. The van der Waals surface area contributed by atoms with Gasteiger partial charge in [0.25, 0.3) is 5.89 Å². The topological polar surface area (TPSA) is 64.9 Å². The minimum atomic E-state index is -0.481. The molecular formula is C12H14FN3O. The van der Waals surface area contributed by atoms with Crippen LogP contribution in [0.5, 0.6) is 0 Å². The van der Waals surface area contributed by atoms with E-state index in [1.54, 1.807) is 12.1 Å². The van der Waals surface area contributed by atoms with Crippen molar-refractivity contribution >= 4 is 5.69 Å². The fourth-order valence-electron chi connectivity index (χ4n) is 1.45. The van der Waals surface area contributed by atoms with Crippen molar-refractivity contribution in [1.82, 2.24) is 10.1 Å². The maximum absolute atomic E-state index is 13.3. The Balaban J connectivity index is 2.40. The highest BCUT2D eigenvalue weighted by Gasteiger charge is 2.16. The molecule has 0 radical (unpaired) electrons. The van der Waals surface area contributed by atoms with E-state index in [2.05, 4.69) is 10.1 Å². The van der Waals surface area contributed by atoms with Gasteiger partial charge >= 0.3 is 0 Å². The third-order valence-electron chi connectivity index (χ3n) is 2.78. The van der Waals surface area contributed by atoms with Gasteiger partial charge in [-0.2, -0.15) is 4.98 Å². The maximum Gasteiger partial charge on any atom is 0.260 e. The van der Waals surface area contributed by atoms with Crippen LogP contribution in [0.3, 0.4) is 0 Å². The Kier molecular flexibility index (Phi) is 3.08. The van der Waals surface area contributed by atoms with Crippen molar-refractivity contribution in [2.24, 2.45) is 0 Å². The van der Waals surface area contributed by atoms with E-state index in [1.165, 1.54) is 6.07 Å². The second-order valence-electron chi connectivity index (χ2n) is 3.97. The lowest BCUT2D eigenvalue weighted by molar-refractivity contribution is 0.416. The van der Waals surface area contributed by atoms with Crippen LogP contribution in [0.4, 0.5) is 10.1 Å². The first kappa shape index (κ1) is 11.6. The summed E-state index contributed by atoms with van der Waals surface area (Å²) >= 11 is 0. The number of hydrogen-bond acceptors (Lipinski definition) is 4. The lowest BCUT2D eigenvalue weighted by Crippen LogP contribution is -1.96. The Morgan fingerprint density at radius 3 is 2.94 bits per heavy atom. The zero-order valence-electron chi connectivity index (χ0n) is 9.77. The fraction of sp³-hybridized carbons (Fsp3) is 0.333. The molecule has 0 amide bonds. The molecule has 1 aromatic heterocycles. The number of nitrogens with zero attached hydrogens (tertiary/aromatic N) is 2. The van der Waals surface area contributed by atoms with Gasteiger partial charge in [0, 0.05) is 5.92 Å². The van der Waals surface area contributed by atoms with E-state index < -0.39 is 5.82 Å². The summed E-state index contributed by atoms with van der Waals surface area (Å²) in [5, 5.41) is 3.87. The Hall–Kier alpha value is -1.91. The lowest BCUT2D eigenvalue weighted by atomic mass is 10.1. The van der Waals surface area contributed by atoms with Crippen LogP contribution < -0.4 is 5.73 Å². The number of anilines is 1. The van der Waals surface area contributed by atoms with Gasteiger partial charge in [-0.3, -0.25) is 0 Å². The molecule has 2 N–H and O–H groups in total. The molecule has 0 spiro atoms. The summed E-state index contributed by atoms with van der Waals surface area (Å²) in [6.45, 7) is 4.04. The summed E-state index contributed by atoms with van der Waals surface area (Å²) in [7, 11) is 0. The number of halogens is 1. The molecule has 1 unspecified atom stereocenters. The van der Waals surface area contributed by atoms with Crippen LogP contribution in [0.15, 0.2) is 22.7 Å². The number of hydrogen-bond donors (Lipinski definition) is 1. The monoisotopic (exact) mass is 235 g/mol. The maximum atomic E-state index is 13.3. The van der Waals surface area contributed by atoms with Crippen molar-refractivity contribution in [2.45, 2.75) is 26.2 Å². The van der Waals surface area contributed by atoms with Crippen LogP contribution in [0.25, 0.3) is 11.5 Å². The molecule has 0 saturated heterocycles. The molecule has 1 heterocycles. The van der Waals surface area contributed by atoms with Crippen molar-refractivity contribution in [3.8, 4) is 11.5 Å². The van der Waals surface area contributed by atoms with Crippen molar-refractivity contribution in [3.05, 3.63) is 29.8 Å². The Morgan fingerprint density at radius 1 is 1.47 bits per heavy atom. The third kappa shape index (κ3) is 2.13. The molecule has 4 nitrogen and oxygen atoms in total. The normalized spacial score (nSPS) is 12.6. The Bertz CT molecular complexity index is 524. The van der Waals surface area contributed by atoms with Crippen molar-refractivity contribution in [1.29, 1.82) is 0 Å². The van der Waals surface area contributed by atoms with E-state index in [0.717, 1.165) is 6.42 Å². The van der Waals surface area contributed by atoms with Crippen LogP contribution in [0.2, 0.25) is 0 Å². The van der Waals surface area contributed by atoms with Gasteiger partial charge in [0.15, 0.2) is 5.82 Å². The van der Waals surface area contributed by atoms with Crippen molar-refractivity contribution < 1.29 is 8.91 Å². The van der Waals surface area contributed by atoms with Crippen LogP contribution in [-0.4, -0.2) is 10.1 Å². The molecule has 2 rings (SSSR count). The minimum Gasteiger partial charge on any atom is -0.396 e. The molecule has 0 aliphatic heterocycles. The highest BCUT2D eigenvalue weighted by atomic mass is 19.1. The SMILES string of the molecule is CCC(C)c1noc(-c2cccc(F)c2N)n1. The zero-order chi connectivity index (χ0) is 12.4. The molecule has 0 aliphatic rings. The molecule has 2 aromatic rings. The van der Waals surface area contributed by atoms with E-state index in [1.807, 2.05) is 13.8 Å². The van der Waals surface area contributed by atoms with E-state index in [-0.39, 0.29) is 17.5 Å². The van der Waals surface area contributed by atoms with Gasteiger partial charge in [0.05, 0.1) is 11.3 Å². The molecule has 0 fully saturated rings. The van der Waals surface area contributed by atoms with Gasteiger partial charge in [-0.05, 0) is 18.6 Å². The standard InChI is InChI=1S/C12H14FN3O/c1-3-7(2)11-15-12(17-16-11)8-5-4-6-9(13)10(8)14/h4-7H,3,14H2,1-2H3. The number of rotatable bonds is 3. The lowest BCUT2D eigenvalue weighted by Gasteiger charge is -2.01. The average Bonchev–Trinajstić information content (AvgIpc) is 2.81. The molecule has 1 atom stereocenters. The van der Waals surface area contributed by atoms with Gasteiger partial charge in [-0.1, -0.05) is 25.1 Å². The molecule has 0 saturated carbocycles. The minimum absolute atomic E-state index is 0.0341. The molecule has 0 bridgehead atoms. The summed E-state index contributed by atoms with van der Waals surface area (Å²) in [6.07, 6.45) is 0.914. The predicted octanol–water partition coefficient (Wildman–Crippen LogP) is 2.97. The van der Waals surface area contributed by atoms with Gasteiger partial charge in [0.1, 0.15) is 5.82 Å². The zero-order valence-corrected chi connectivity index (χ0v) is 9.77. The first-order valence-corrected chi connectivity index (χ1v) is 5.51. The summed E-state index contributed by atoms with van der Waals surface area (Å²) < 4.78 is 18.4. The summed E-state index contributed by atoms with van der Waals surface area (Å²) in [6, 6.07) is 4.52. The Morgan fingerprint density at radius 2 is 2.24 bits per heavy atom. The van der Waals surface area contributed by atoms with Crippen LogP contribution in [0.1, 0.15) is 32.0 Å². The molecule has 5 heteroatoms. The number of para-hydroxylation sites is 1. The molecule has 0 aliphatic carbocycles. The second-order valence-corrected chi connectivity index (χ2v) is 3.97. The van der Waals surface area contributed by atoms with Crippen molar-refractivity contribution in [2.75, 3.05) is 5.73 Å². The first-order valence-electron chi connectivity index (χ1n) is 5.51. The van der Waals surface area contributed by atoms with Crippen LogP contribution >= 0.6 is 0 Å². The second kappa shape index (κ2) is 4.53. The number of nitrogen functional groups attached to an aromatic ring is 1.